The van der Waals surface area contributed by atoms with E-state index in [1.54, 1.807) is 6.92 Å². The highest BCUT2D eigenvalue weighted by atomic mass is 16.4. The number of rotatable bonds is 4. The molecule has 2 aliphatic rings. The highest BCUT2D eigenvalue weighted by molar-refractivity contribution is 6.38. The van der Waals surface area contributed by atoms with Crippen molar-refractivity contribution in [2.75, 3.05) is 19.6 Å². The summed E-state index contributed by atoms with van der Waals surface area (Å²) in [5.41, 5.74) is 0. The van der Waals surface area contributed by atoms with Crippen molar-refractivity contribution in [3.8, 4) is 0 Å². The van der Waals surface area contributed by atoms with Gasteiger partial charge in [0.25, 0.3) is 0 Å². The molecule has 2 rings (SSSR count). The summed E-state index contributed by atoms with van der Waals surface area (Å²) >= 11 is 0. The molecule has 0 aromatic rings. The standard InChI is InChI=1S/C15H23N3O5/c1-2-17-8-9-18(13(20)12(17)19)15(23)16-11(14(21)22)10-6-4-3-5-7-10/h10-11H,2-9H2,1H3,(H,16,23)(H,21,22). The predicted octanol–water partition coefficient (Wildman–Crippen LogP) is 0.420. The lowest BCUT2D eigenvalue weighted by Crippen LogP contribution is -2.60. The average Bonchev–Trinajstić information content (AvgIpc) is 2.55. The van der Waals surface area contributed by atoms with Crippen LogP contribution in [0.5, 0.6) is 0 Å². The van der Waals surface area contributed by atoms with E-state index in [9.17, 15) is 24.3 Å². The summed E-state index contributed by atoms with van der Waals surface area (Å²) in [6.07, 6.45) is 4.44. The van der Waals surface area contributed by atoms with Crippen molar-refractivity contribution in [2.45, 2.75) is 45.1 Å². The third-order valence-electron chi connectivity index (χ3n) is 4.60. The molecule has 4 amide bonds. The van der Waals surface area contributed by atoms with Gasteiger partial charge in [0.05, 0.1) is 0 Å². The van der Waals surface area contributed by atoms with Crippen LogP contribution >= 0.6 is 0 Å². The monoisotopic (exact) mass is 325 g/mol. The van der Waals surface area contributed by atoms with Crippen molar-refractivity contribution in [2.24, 2.45) is 5.92 Å². The number of carbonyl (C=O) groups is 4. The first-order chi connectivity index (χ1) is 11.0. The lowest BCUT2D eigenvalue weighted by molar-refractivity contribution is -0.153. The second-order valence-corrected chi connectivity index (χ2v) is 6.01. The molecular formula is C15H23N3O5. The number of amides is 4. The minimum absolute atomic E-state index is 0.0846. The number of carbonyl (C=O) groups excluding carboxylic acids is 3. The predicted molar refractivity (Wildman–Crippen MR) is 80.5 cm³/mol. The average molecular weight is 325 g/mol. The van der Waals surface area contributed by atoms with Crippen LogP contribution in [0.4, 0.5) is 4.79 Å². The molecule has 0 radical (unpaired) electrons. The minimum atomic E-state index is -1.10. The van der Waals surface area contributed by atoms with E-state index in [1.165, 1.54) is 4.90 Å². The van der Waals surface area contributed by atoms with E-state index in [0.29, 0.717) is 6.54 Å². The SMILES string of the molecule is CCN1CCN(C(=O)NC(C(=O)O)C2CCCCC2)C(=O)C1=O. The Labute approximate surface area is 134 Å². The van der Waals surface area contributed by atoms with E-state index in [0.717, 1.165) is 37.0 Å². The highest BCUT2D eigenvalue weighted by Crippen LogP contribution is 2.26. The second-order valence-electron chi connectivity index (χ2n) is 6.01. The summed E-state index contributed by atoms with van der Waals surface area (Å²) in [5, 5.41) is 11.8. The van der Waals surface area contributed by atoms with Crippen LogP contribution < -0.4 is 5.32 Å². The van der Waals surface area contributed by atoms with E-state index in [1.807, 2.05) is 0 Å². The molecule has 1 saturated heterocycles. The Bertz CT molecular complexity index is 501. The number of imide groups is 1. The summed E-state index contributed by atoms with van der Waals surface area (Å²) in [6, 6.07) is -1.81. The van der Waals surface area contributed by atoms with E-state index in [2.05, 4.69) is 5.32 Å². The van der Waals surface area contributed by atoms with Gasteiger partial charge in [0, 0.05) is 19.6 Å². The number of hydrogen-bond acceptors (Lipinski definition) is 4. The fraction of sp³-hybridized carbons (Fsp3) is 0.733. The number of hydrogen-bond donors (Lipinski definition) is 2. The molecule has 128 valence electrons. The van der Waals surface area contributed by atoms with Crippen LogP contribution in [0.3, 0.4) is 0 Å². The lowest BCUT2D eigenvalue weighted by atomic mass is 9.84. The first-order valence-corrected chi connectivity index (χ1v) is 8.09. The van der Waals surface area contributed by atoms with Gasteiger partial charge in [-0.1, -0.05) is 19.3 Å². The summed E-state index contributed by atoms with van der Waals surface area (Å²) in [7, 11) is 0. The fourth-order valence-electron chi connectivity index (χ4n) is 3.23. The van der Waals surface area contributed by atoms with Crippen LogP contribution in [0, 0.1) is 5.92 Å². The molecule has 0 bridgehead atoms. The maximum Gasteiger partial charge on any atom is 0.326 e. The number of carboxylic acid groups (broad SMARTS) is 1. The number of nitrogens with one attached hydrogen (secondary N) is 1. The topological polar surface area (TPSA) is 107 Å². The maximum atomic E-state index is 12.3. The van der Waals surface area contributed by atoms with Crippen molar-refractivity contribution < 1.29 is 24.3 Å². The fourth-order valence-corrected chi connectivity index (χ4v) is 3.23. The van der Waals surface area contributed by atoms with Crippen molar-refractivity contribution in [3.63, 3.8) is 0 Å². The molecule has 1 heterocycles. The summed E-state index contributed by atoms with van der Waals surface area (Å²) < 4.78 is 0. The Morgan fingerprint density at radius 3 is 2.39 bits per heavy atom. The van der Waals surface area contributed by atoms with Gasteiger partial charge in [0.15, 0.2) is 0 Å². The van der Waals surface area contributed by atoms with Gasteiger partial charge in [0.1, 0.15) is 6.04 Å². The smallest absolute Gasteiger partial charge is 0.326 e. The molecule has 2 fully saturated rings. The van der Waals surface area contributed by atoms with Crippen LogP contribution in [0.1, 0.15) is 39.0 Å². The number of aliphatic carboxylic acids is 1. The quantitative estimate of drug-likeness (QED) is 0.729. The molecule has 1 aliphatic heterocycles. The number of carboxylic acids is 1. The highest BCUT2D eigenvalue weighted by Gasteiger charge is 2.38. The maximum absolute atomic E-state index is 12.3. The van der Waals surface area contributed by atoms with E-state index >= 15 is 0 Å². The van der Waals surface area contributed by atoms with Crippen molar-refractivity contribution >= 4 is 23.8 Å². The van der Waals surface area contributed by atoms with Crippen LogP contribution in [0.2, 0.25) is 0 Å². The molecule has 0 aromatic carbocycles. The summed E-state index contributed by atoms with van der Waals surface area (Å²) in [4.78, 5) is 49.7. The Morgan fingerprint density at radius 1 is 1.17 bits per heavy atom. The van der Waals surface area contributed by atoms with Gasteiger partial charge in [0.2, 0.25) is 0 Å². The van der Waals surface area contributed by atoms with Crippen LogP contribution in [-0.4, -0.2) is 64.4 Å². The lowest BCUT2D eigenvalue weighted by Gasteiger charge is -2.34. The van der Waals surface area contributed by atoms with Gasteiger partial charge in [-0.05, 0) is 25.7 Å². The van der Waals surface area contributed by atoms with E-state index in [4.69, 9.17) is 0 Å². The molecule has 8 heteroatoms. The largest absolute Gasteiger partial charge is 0.480 e. The van der Waals surface area contributed by atoms with Gasteiger partial charge in [-0.2, -0.15) is 0 Å². The molecule has 0 spiro atoms. The molecule has 1 unspecified atom stereocenters. The Balaban J connectivity index is 2.02. The summed E-state index contributed by atoms with van der Waals surface area (Å²) in [6.45, 7) is 2.52. The van der Waals surface area contributed by atoms with E-state index in [-0.39, 0.29) is 19.0 Å². The first kappa shape index (κ1) is 17.2. The Hall–Kier alpha value is -2.12. The number of likely N-dealkylation sites (N-methyl/N-ethyl adjacent to an activating group) is 1. The summed E-state index contributed by atoms with van der Waals surface area (Å²) in [5.74, 6) is -2.86. The zero-order valence-corrected chi connectivity index (χ0v) is 13.3. The number of nitrogens with zero attached hydrogens (tertiary/aromatic N) is 2. The normalized spacial score (nSPS) is 21.3. The second kappa shape index (κ2) is 7.43. The number of urea groups is 1. The zero-order valence-electron chi connectivity index (χ0n) is 13.3. The third kappa shape index (κ3) is 3.80. The van der Waals surface area contributed by atoms with Crippen LogP contribution in [0.15, 0.2) is 0 Å². The molecular weight excluding hydrogens is 302 g/mol. The number of piperazine rings is 1. The molecule has 1 saturated carbocycles. The van der Waals surface area contributed by atoms with Gasteiger partial charge in [-0.25, -0.2) is 9.59 Å². The molecule has 8 nitrogen and oxygen atoms in total. The molecule has 23 heavy (non-hydrogen) atoms. The van der Waals surface area contributed by atoms with Crippen LogP contribution in [0.25, 0.3) is 0 Å². The third-order valence-corrected chi connectivity index (χ3v) is 4.60. The van der Waals surface area contributed by atoms with Gasteiger partial charge < -0.3 is 15.3 Å². The van der Waals surface area contributed by atoms with Crippen molar-refractivity contribution in [1.29, 1.82) is 0 Å². The van der Waals surface area contributed by atoms with Crippen molar-refractivity contribution in [3.05, 3.63) is 0 Å². The van der Waals surface area contributed by atoms with Gasteiger partial charge >= 0.3 is 23.8 Å². The van der Waals surface area contributed by atoms with Gasteiger partial charge in [-0.3, -0.25) is 14.5 Å². The van der Waals surface area contributed by atoms with Crippen molar-refractivity contribution in [1.82, 2.24) is 15.1 Å². The zero-order chi connectivity index (χ0) is 17.0. The minimum Gasteiger partial charge on any atom is -0.480 e. The molecule has 0 aromatic heterocycles. The molecule has 2 N–H and O–H groups in total. The van der Waals surface area contributed by atoms with Gasteiger partial charge in [-0.15, -0.1) is 0 Å². The Morgan fingerprint density at radius 2 is 1.83 bits per heavy atom. The van der Waals surface area contributed by atoms with Crippen LogP contribution in [-0.2, 0) is 14.4 Å². The first-order valence-electron chi connectivity index (χ1n) is 8.09. The Kier molecular flexibility index (Phi) is 5.57. The molecule has 1 aliphatic carbocycles. The van der Waals surface area contributed by atoms with E-state index < -0.39 is 29.9 Å². The molecule has 1 atom stereocenters.